The number of hydrogen-bond donors (Lipinski definition) is 0. The first-order valence-corrected chi connectivity index (χ1v) is 19.6. The summed E-state index contributed by atoms with van der Waals surface area (Å²) in [4.78, 5) is 0. The third-order valence-corrected chi connectivity index (χ3v) is 12.6. The summed E-state index contributed by atoms with van der Waals surface area (Å²) in [7, 11) is 0. The zero-order valence-electron chi connectivity index (χ0n) is 31.2. The molecule has 1 heterocycles. The van der Waals surface area contributed by atoms with Crippen LogP contribution in [0.4, 0.5) is 0 Å². The molecule has 1 aliphatic rings. The van der Waals surface area contributed by atoms with Crippen LogP contribution in [0.1, 0.15) is 25.0 Å². The van der Waals surface area contributed by atoms with Gasteiger partial charge in [0, 0.05) is 21.8 Å². The van der Waals surface area contributed by atoms with Crippen molar-refractivity contribution < 1.29 is 4.42 Å². The number of hydrogen-bond acceptors (Lipinski definition) is 1. The van der Waals surface area contributed by atoms with E-state index in [2.05, 4.69) is 196 Å². The molecule has 0 saturated heterocycles. The lowest BCUT2D eigenvalue weighted by atomic mass is 9.80. The molecule has 1 aliphatic carbocycles. The monoisotopic (exact) mass is 712 g/mol. The Morgan fingerprint density at radius 1 is 0.375 bits per heavy atom. The summed E-state index contributed by atoms with van der Waals surface area (Å²) in [6.07, 6.45) is 0. The van der Waals surface area contributed by atoms with E-state index < -0.39 is 0 Å². The Morgan fingerprint density at radius 3 is 1.64 bits per heavy atom. The average molecular weight is 713 g/mol. The van der Waals surface area contributed by atoms with Crippen LogP contribution in [0, 0.1) is 0 Å². The molecule has 0 bridgehead atoms. The van der Waals surface area contributed by atoms with Crippen LogP contribution in [-0.2, 0) is 5.41 Å². The van der Waals surface area contributed by atoms with Crippen LogP contribution < -0.4 is 0 Å². The van der Waals surface area contributed by atoms with Crippen LogP contribution in [0.5, 0.6) is 0 Å². The molecule has 56 heavy (non-hydrogen) atoms. The number of fused-ring (bicyclic) bond motifs is 13. The van der Waals surface area contributed by atoms with Gasteiger partial charge in [0.25, 0.3) is 0 Å². The highest BCUT2D eigenvalue weighted by Crippen LogP contribution is 2.56. The molecule has 1 heteroatoms. The minimum atomic E-state index is -0.231. The highest BCUT2D eigenvalue weighted by atomic mass is 16.3. The highest BCUT2D eigenvalue weighted by Gasteiger charge is 2.40. The number of rotatable bonds is 3. The van der Waals surface area contributed by atoms with Gasteiger partial charge in [-0.2, -0.15) is 0 Å². The van der Waals surface area contributed by atoms with Crippen molar-refractivity contribution in [3.8, 4) is 44.5 Å². The average Bonchev–Trinajstić information content (AvgIpc) is 3.75. The van der Waals surface area contributed by atoms with Gasteiger partial charge in [0.15, 0.2) is 0 Å². The van der Waals surface area contributed by atoms with Crippen LogP contribution in [0.3, 0.4) is 0 Å². The van der Waals surface area contributed by atoms with Crippen molar-refractivity contribution in [2.24, 2.45) is 0 Å². The topological polar surface area (TPSA) is 13.1 Å². The second-order valence-corrected chi connectivity index (χ2v) is 15.9. The summed E-state index contributed by atoms with van der Waals surface area (Å²) in [5, 5.41) is 12.5. The standard InChI is InChI=1S/C55H36O/c1-55(2)47-30-29-35(32-46(47)51-43-24-9-10-25-44(43)52-45-26-11-12-28-48(45)56-54(52)53(51)55)34-17-13-18-36(31-34)49-39-20-5-7-22-41(39)50(42-23-8-6-21-40(42)49)38-27-14-16-33-15-3-4-19-37(33)38/h3-32H,1-2H3. The Kier molecular flexibility index (Phi) is 6.46. The molecule has 0 atom stereocenters. The van der Waals surface area contributed by atoms with E-state index in [1.54, 1.807) is 0 Å². The minimum Gasteiger partial charge on any atom is -0.456 e. The van der Waals surface area contributed by atoms with Crippen molar-refractivity contribution in [1.82, 2.24) is 0 Å². The lowest BCUT2D eigenvalue weighted by molar-refractivity contribution is 0.620. The first kappa shape index (κ1) is 31.4. The summed E-state index contributed by atoms with van der Waals surface area (Å²) < 4.78 is 6.78. The van der Waals surface area contributed by atoms with E-state index >= 15 is 0 Å². The molecule has 0 fully saturated rings. The summed E-state index contributed by atoms with van der Waals surface area (Å²) in [6, 6.07) is 67.0. The van der Waals surface area contributed by atoms with Crippen molar-refractivity contribution in [2.45, 2.75) is 19.3 Å². The van der Waals surface area contributed by atoms with E-state index in [1.807, 2.05) is 0 Å². The first-order valence-electron chi connectivity index (χ1n) is 19.6. The van der Waals surface area contributed by atoms with Crippen LogP contribution in [-0.4, -0.2) is 0 Å². The largest absolute Gasteiger partial charge is 0.456 e. The Balaban J connectivity index is 1.08. The van der Waals surface area contributed by atoms with Crippen LogP contribution in [0.25, 0.3) is 110 Å². The van der Waals surface area contributed by atoms with Crippen LogP contribution in [0.15, 0.2) is 186 Å². The minimum absolute atomic E-state index is 0.231. The summed E-state index contributed by atoms with van der Waals surface area (Å²) in [6.45, 7) is 4.72. The lowest BCUT2D eigenvalue weighted by Gasteiger charge is -2.22. The molecule has 0 saturated carbocycles. The molecule has 0 amide bonds. The molecule has 11 aromatic rings. The maximum Gasteiger partial charge on any atom is 0.140 e. The molecular weight excluding hydrogens is 677 g/mol. The second kappa shape index (κ2) is 11.5. The molecule has 1 aromatic heterocycles. The van der Waals surface area contributed by atoms with Crippen molar-refractivity contribution in [2.75, 3.05) is 0 Å². The zero-order valence-corrected chi connectivity index (χ0v) is 31.2. The Bertz CT molecular complexity index is 3390. The molecule has 0 spiro atoms. The summed E-state index contributed by atoms with van der Waals surface area (Å²) >= 11 is 0. The molecule has 1 nitrogen and oxygen atoms in total. The van der Waals surface area contributed by atoms with Gasteiger partial charge in [-0.3, -0.25) is 0 Å². The summed E-state index contributed by atoms with van der Waals surface area (Å²) in [5.74, 6) is 0. The van der Waals surface area contributed by atoms with Gasteiger partial charge < -0.3 is 4.42 Å². The molecule has 0 N–H and O–H groups in total. The van der Waals surface area contributed by atoms with E-state index in [0.29, 0.717) is 0 Å². The van der Waals surface area contributed by atoms with Gasteiger partial charge >= 0.3 is 0 Å². The molecule has 0 unspecified atom stereocenters. The van der Waals surface area contributed by atoms with Crippen molar-refractivity contribution in [1.29, 1.82) is 0 Å². The van der Waals surface area contributed by atoms with E-state index in [0.717, 1.165) is 11.2 Å². The number of furan rings is 1. The van der Waals surface area contributed by atoms with Gasteiger partial charge in [-0.1, -0.05) is 178 Å². The quantitative estimate of drug-likeness (QED) is 0.166. The van der Waals surface area contributed by atoms with Gasteiger partial charge in [0.1, 0.15) is 11.2 Å². The molecular formula is C55H36O. The Hall–Kier alpha value is -6.96. The van der Waals surface area contributed by atoms with Gasteiger partial charge in [-0.25, -0.2) is 0 Å². The van der Waals surface area contributed by atoms with Gasteiger partial charge in [-0.05, 0) is 111 Å². The predicted molar refractivity (Wildman–Crippen MR) is 238 cm³/mol. The summed E-state index contributed by atoms with van der Waals surface area (Å²) in [5.41, 5.74) is 14.4. The normalized spacial score (nSPS) is 13.3. The zero-order chi connectivity index (χ0) is 37.1. The van der Waals surface area contributed by atoms with Gasteiger partial charge in [0.05, 0.1) is 0 Å². The maximum absolute atomic E-state index is 6.78. The van der Waals surface area contributed by atoms with Crippen LogP contribution >= 0.6 is 0 Å². The molecule has 10 aromatic carbocycles. The number of benzene rings is 10. The van der Waals surface area contributed by atoms with E-state index in [9.17, 15) is 0 Å². The fraction of sp³-hybridized carbons (Fsp3) is 0.0545. The molecule has 12 rings (SSSR count). The van der Waals surface area contributed by atoms with E-state index in [-0.39, 0.29) is 5.41 Å². The van der Waals surface area contributed by atoms with Gasteiger partial charge in [-0.15, -0.1) is 0 Å². The van der Waals surface area contributed by atoms with Crippen molar-refractivity contribution >= 4 is 65.0 Å². The van der Waals surface area contributed by atoms with Crippen molar-refractivity contribution in [3.05, 3.63) is 193 Å². The third-order valence-electron chi connectivity index (χ3n) is 12.6. The highest BCUT2D eigenvalue weighted by molar-refractivity contribution is 6.26. The molecule has 0 aliphatic heterocycles. The third kappa shape index (κ3) is 4.26. The SMILES string of the molecule is CC1(C)c2ccc(-c3cccc(-c4c5ccccc5c(-c5cccc6ccccc56)c5ccccc45)c3)cc2-c2c1c1oc3ccccc3c1c1ccccc21. The van der Waals surface area contributed by atoms with Crippen molar-refractivity contribution in [3.63, 3.8) is 0 Å². The lowest BCUT2D eigenvalue weighted by Crippen LogP contribution is -2.15. The van der Waals surface area contributed by atoms with E-state index in [4.69, 9.17) is 4.42 Å². The predicted octanol–water partition coefficient (Wildman–Crippen LogP) is 15.5. The fourth-order valence-electron chi connectivity index (χ4n) is 10.2. The Labute approximate surface area is 325 Å². The fourth-order valence-corrected chi connectivity index (χ4v) is 10.2. The van der Waals surface area contributed by atoms with Gasteiger partial charge in [0.2, 0.25) is 0 Å². The smallest absolute Gasteiger partial charge is 0.140 e. The molecule has 262 valence electrons. The maximum atomic E-state index is 6.78. The first-order chi connectivity index (χ1) is 27.6. The van der Waals surface area contributed by atoms with E-state index in [1.165, 1.54) is 109 Å². The Morgan fingerprint density at radius 2 is 0.911 bits per heavy atom. The van der Waals surface area contributed by atoms with Crippen LogP contribution in [0.2, 0.25) is 0 Å². The number of para-hydroxylation sites is 1. The molecule has 0 radical (unpaired) electrons. The second-order valence-electron chi connectivity index (χ2n) is 15.9.